The number of hydrogen-bond donors (Lipinski definition) is 2. The molecule has 35 heavy (non-hydrogen) atoms. The molecular weight excluding hydrogens is 465 g/mol. The number of Topliss-reactive ketones (excluding diaryl/α,β-unsaturated/α-hetero) is 1. The number of alkyl carbamates (subject to hydrolysis) is 1. The van der Waals surface area contributed by atoms with Crippen molar-refractivity contribution in [3.8, 4) is 0 Å². The third kappa shape index (κ3) is 5.88. The van der Waals surface area contributed by atoms with E-state index in [2.05, 4.69) is 25.2 Å². The molecule has 3 saturated carbocycles. The molecule has 8 heteroatoms. The molecule has 0 aromatic carbocycles. The highest BCUT2D eigenvalue weighted by Gasteiger charge is 2.58. The molecule has 0 radical (unpaired) electrons. The van der Waals surface area contributed by atoms with E-state index in [0.29, 0.717) is 30.1 Å². The van der Waals surface area contributed by atoms with Crippen LogP contribution in [0.25, 0.3) is 0 Å². The lowest BCUT2D eigenvalue weighted by Gasteiger charge is -2.56. The van der Waals surface area contributed by atoms with E-state index in [-0.39, 0.29) is 29.6 Å². The summed E-state index contributed by atoms with van der Waals surface area (Å²) >= 11 is 0. The van der Waals surface area contributed by atoms with Crippen molar-refractivity contribution in [2.75, 3.05) is 19.8 Å². The number of unbranched alkanes of at least 4 members (excludes halogenated alkanes) is 3. The Labute approximate surface area is 210 Å². The molecule has 4 aliphatic rings. The molecule has 0 spiro atoms. The van der Waals surface area contributed by atoms with Crippen molar-refractivity contribution in [1.29, 1.82) is 0 Å². The standard InChI is InChI=1S/C27H44NO6P/c1-26-14-12-20(34-25(30)28-16-6-4-5-7-17-33-35(3,31)32)18-19(26)8-9-21-22-10-11-24(29)27(22,2)15-13-23(21)26/h8,20-23H,4-7,9-18H2,1-3H3,(H,28,30)(H,31,32)/t20-,21-,22-,23-,26-,27-/m0/s1. The molecule has 198 valence electrons. The maximum Gasteiger partial charge on any atom is 0.407 e. The highest BCUT2D eigenvalue weighted by atomic mass is 31.2. The van der Waals surface area contributed by atoms with E-state index in [4.69, 9.17) is 14.2 Å². The molecular formula is C27H44NO6P. The summed E-state index contributed by atoms with van der Waals surface area (Å²) in [6.07, 6.45) is 13.3. The molecule has 0 aliphatic heterocycles. The van der Waals surface area contributed by atoms with Gasteiger partial charge < -0.3 is 19.5 Å². The third-order valence-electron chi connectivity index (χ3n) is 9.71. The van der Waals surface area contributed by atoms with E-state index >= 15 is 0 Å². The molecule has 2 N–H and O–H groups in total. The topological polar surface area (TPSA) is 102 Å². The van der Waals surface area contributed by atoms with Crippen molar-refractivity contribution >= 4 is 19.5 Å². The van der Waals surface area contributed by atoms with Crippen LogP contribution in [0.1, 0.15) is 90.9 Å². The fourth-order valence-corrected chi connectivity index (χ4v) is 8.17. The van der Waals surface area contributed by atoms with Gasteiger partial charge in [-0.1, -0.05) is 38.3 Å². The number of nitrogens with one attached hydrogen (secondary N) is 1. The number of hydrogen-bond acceptors (Lipinski definition) is 5. The fraction of sp³-hybridized carbons (Fsp3) is 0.852. The number of rotatable bonds is 9. The smallest absolute Gasteiger partial charge is 0.407 e. The van der Waals surface area contributed by atoms with E-state index in [1.807, 2.05) is 0 Å². The molecule has 1 amide bonds. The normalized spacial score (nSPS) is 37.9. The van der Waals surface area contributed by atoms with E-state index in [1.54, 1.807) is 0 Å². The van der Waals surface area contributed by atoms with Gasteiger partial charge in [0, 0.05) is 31.5 Å². The molecule has 0 aromatic rings. The maximum absolute atomic E-state index is 12.6. The predicted molar refractivity (Wildman–Crippen MR) is 135 cm³/mol. The number of carbonyl (C=O) groups is 2. The largest absolute Gasteiger partial charge is 0.446 e. The molecule has 0 bridgehead atoms. The quantitative estimate of drug-likeness (QED) is 0.224. The third-order valence-corrected chi connectivity index (χ3v) is 10.4. The van der Waals surface area contributed by atoms with Gasteiger partial charge in [-0.15, -0.1) is 0 Å². The predicted octanol–water partition coefficient (Wildman–Crippen LogP) is 6.01. The monoisotopic (exact) mass is 509 g/mol. The van der Waals surface area contributed by atoms with Crippen LogP contribution in [0, 0.1) is 28.6 Å². The van der Waals surface area contributed by atoms with Gasteiger partial charge in [0.25, 0.3) is 0 Å². The zero-order valence-electron chi connectivity index (χ0n) is 21.7. The number of fused-ring (bicyclic) bond motifs is 5. The highest BCUT2D eigenvalue weighted by Crippen LogP contribution is 2.64. The summed E-state index contributed by atoms with van der Waals surface area (Å²) in [6.45, 7) is 6.71. The molecule has 7 atom stereocenters. The van der Waals surface area contributed by atoms with E-state index in [1.165, 1.54) is 12.2 Å². The Morgan fingerprint density at radius 2 is 1.83 bits per heavy atom. The van der Waals surface area contributed by atoms with Crippen LogP contribution in [0.4, 0.5) is 4.79 Å². The average Bonchev–Trinajstić information content (AvgIpc) is 3.09. The Morgan fingerprint density at radius 1 is 1.11 bits per heavy atom. The molecule has 1 unspecified atom stereocenters. The van der Waals surface area contributed by atoms with Gasteiger partial charge in [-0.05, 0) is 74.5 Å². The van der Waals surface area contributed by atoms with E-state index in [0.717, 1.165) is 77.0 Å². The van der Waals surface area contributed by atoms with Crippen LogP contribution in [0.15, 0.2) is 11.6 Å². The van der Waals surface area contributed by atoms with Gasteiger partial charge >= 0.3 is 13.7 Å². The molecule has 0 aromatic heterocycles. The molecule has 7 nitrogen and oxygen atoms in total. The summed E-state index contributed by atoms with van der Waals surface area (Å²) in [4.78, 5) is 34.1. The van der Waals surface area contributed by atoms with Crippen LogP contribution in [0.3, 0.4) is 0 Å². The van der Waals surface area contributed by atoms with Crippen LogP contribution >= 0.6 is 7.60 Å². The van der Waals surface area contributed by atoms with Crippen LogP contribution < -0.4 is 5.32 Å². The van der Waals surface area contributed by atoms with Gasteiger partial charge in [0.2, 0.25) is 0 Å². The first kappa shape index (κ1) is 26.9. The van der Waals surface area contributed by atoms with Crippen molar-refractivity contribution in [1.82, 2.24) is 5.32 Å². The molecule has 0 heterocycles. The molecule has 4 rings (SSSR count). The minimum Gasteiger partial charge on any atom is -0.446 e. The summed E-state index contributed by atoms with van der Waals surface area (Å²) in [6, 6.07) is 0. The Bertz CT molecular complexity index is 883. The maximum atomic E-state index is 12.6. The van der Waals surface area contributed by atoms with Crippen molar-refractivity contribution < 1.29 is 28.3 Å². The lowest BCUT2D eigenvalue weighted by molar-refractivity contribution is -0.132. The van der Waals surface area contributed by atoms with Gasteiger partial charge in [0.1, 0.15) is 11.9 Å². The first-order valence-corrected chi connectivity index (χ1v) is 15.7. The first-order valence-electron chi connectivity index (χ1n) is 13.6. The zero-order valence-corrected chi connectivity index (χ0v) is 22.6. The van der Waals surface area contributed by atoms with Gasteiger partial charge in [-0.2, -0.15) is 0 Å². The summed E-state index contributed by atoms with van der Waals surface area (Å²) in [7, 11) is -3.38. The summed E-state index contributed by atoms with van der Waals surface area (Å²) in [5.74, 6) is 2.30. The first-order chi connectivity index (χ1) is 16.5. The second-order valence-corrected chi connectivity index (χ2v) is 13.8. The lowest BCUT2D eigenvalue weighted by Crippen LogP contribution is -2.50. The van der Waals surface area contributed by atoms with E-state index in [9.17, 15) is 14.2 Å². The Morgan fingerprint density at radius 3 is 2.60 bits per heavy atom. The lowest BCUT2D eigenvalue weighted by atomic mass is 9.48. The second-order valence-electron chi connectivity index (χ2n) is 11.9. The van der Waals surface area contributed by atoms with Gasteiger partial charge in [0.05, 0.1) is 6.61 Å². The van der Waals surface area contributed by atoms with Crippen LogP contribution in [-0.4, -0.2) is 42.7 Å². The SMILES string of the molecule is C[C@]12CC[C@H](OC(=O)NCCCCCCOP(C)(=O)O)CC1=CC[C@@H]1[C@@H]2CC[C@]2(C)C(=O)CC[C@@H]12. The average molecular weight is 510 g/mol. The molecule has 4 aliphatic carbocycles. The van der Waals surface area contributed by atoms with Crippen molar-refractivity contribution in [2.24, 2.45) is 28.6 Å². The Hall–Kier alpha value is -1.17. The van der Waals surface area contributed by atoms with Gasteiger partial charge in [-0.25, -0.2) is 4.79 Å². The molecule has 0 saturated heterocycles. The number of carbonyl (C=O) groups excluding carboxylic acids is 2. The van der Waals surface area contributed by atoms with Crippen LogP contribution in [0.5, 0.6) is 0 Å². The minimum absolute atomic E-state index is 0.0619. The summed E-state index contributed by atoms with van der Waals surface area (Å²) in [5, 5.41) is 2.88. The van der Waals surface area contributed by atoms with Crippen molar-refractivity contribution in [3.05, 3.63) is 11.6 Å². The number of ketones is 1. The van der Waals surface area contributed by atoms with Crippen molar-refractivity contribution in [2.45, 2.75) is 97.0 Å². The van der Waals surface area contributed by atoms with Gasteiger partial charge in [-0.3, -0.25) is 9.36 Å². The van der Waals surface area contributed by atoms with Crippen LogP contribution in [0.2, 0.25) is 0 Å². The second kappa shape index (κ2) is 10.7. The number of ether oxygens (including phenoxy) is 1. The summed E-state index contributed by atoms with van der Waals surface area (Å²) < 4.78 is 21.7. The summed E-state index contributed by atoms with van der Waals surface area (Å²) in [5.41, 5.74) is 1.56. The minimum atomic E-state index is -3.38. The zero-order chi connectivity index (χ0) is 25.3. The van der Waals surface area contributed by atoms with Crippen molar-refractivity contribution in [3.63, 3.8) is 0 Å². The highest BCUT2D eigenvalue weighted by molar-refractivity contribution is 7.51. The Kier molecular flexibility index (Phi) is 8.20. The number of amides is 1. The molecule has 3 fully saturated rings. The van der Waals surface area contributed by atoms with Gasteiger partial charge in [0.15, 0.2) is 0 Å². The Balaban J connectivity index is 1.20. The van der Waals surface area contributed by atoms with Crippen LogP contribution in [-0.2, 0) is 18.6 Å². The number of allylic oxidation sites excluding steroid dienone is 1. The van der Waals surface area contributed by atoms with E-state index < -0.39 is 7.60 Å². The fourth-order valence-electron chi connectivity index (χ4n) is 7.70.